The molecule has 2 aromatic rings. The normalized spacial score (nSPS) is 18.3. The predicted molar refractivity (Wildman–Crippen MR) is 103 cm³/mol. The van der Waals surface area contributed by atoms with Gasteiger partial charge >= 0.3 is 0 Å². The van der Waals surface area contributed by atoms with Crippen molar-refractivity contribution in [1.82, 2.24) is 19.8 Å². The van der Waals surface area contributed by atoms with Gasteiger partial charge in [0.1, 0.15) is 6.04 Å². The Morgan fingerprint density at radius 3 is 2.44 bits per heavy atom. The molecule has 0 radical (unpaired) electrons. The van der Waals surface area contributed by atoms with Crippen molar-refractivity contribution in [2.75, 3.05) is 0 Å². The zero-order valence-corrected chi connectivity index (χ0v) is 16.2. The zero-order valence-electron chi connectivity index (χ0n) is 15.4. The number of benzene rings is 1. The van der Waals surface area contributed by atoms with Gasteiger partial charge in [-0.25, -0.2) is 0 Å². The smallest absolute Gasteiger partial charge is 0.276 e. The molecule has 1 aromatic carbocycles. The van der Waals surface area contributed by atoms with Crippen molar-refractivity contribution in [1.29, 1.82) is 0 Å². The molecule has 1 N–H and O–H groups in total. The number of nitrogens with zero attached hydrogens (tertiary/aromatic N) is 3. The second-order valence-corrected chi connectivity index (χ2v) is 8.15. The first-order valence-corrected chi connectivity index (χ1v) is 10.4. The first-order chi connectivity index (χ1) is 13.1. The lowest BCUT2D eigenvalue weighted by Crippen LogP contribution is -2.47. The van der Waals surface area contributed by atoms with E-state index in [1.807, 2.05) is 31.2 Å². The molecule has 6 nitrogen and oxygen atoms in total. The third kappa shape index (κ3) is 4.03. The number of carbonyl (C=O) groups excluding carboxylic acids is 2. The summed E-state index contributed by atoms with van der Waals surface area (Å²) in [5.74, 6) is -0.299. The van der Waals surface area contributed by atoms with Crippen LogP contribution in [0.5, 0.6) is 0 Å². The standard InChI is InChI=1S/C20H24N4O2S/c1-13-6-8-14(9-7-13)18(19(25)21-15-4-2-3-5-15)24(16-10-11-16)20(26)17-12-27-23-22-17/h6-9,12,15-16,18H,2-5,10-11H2,1H3,(H,21,25)/t18-/m1/s1. The van der Waals surface area contributed by atoms with E-state index >= 15 is 0 Å². The third-order valence-corrected chi connectivity index (χ3v) is 5.88. The van der Waals surface area contributed by atoms with Crippen molar-refractivity contribution >= 4 is 23.3 Å². The molecule has 142 valence electrons. The molecule has 2 amide bonds. The number of nitrogens with one attached hydrogen (secondary N) is 1. The maximum atomic E-state index is 13.3. The summed E-state index contributed by atoms with van der Waals surface area (Å²) in [6.45, 7) is 2.02. The molecule has 27 heavy (non-hydrogen) atoms. The lowest BCUT2D eigenvalue weighted by Gasteiger charge is -2.32. The number of aryl methyl sites for hydroxylation is 1. The molecule has 1 aromatic heterocycles. The SMILES string of the molecule is Cc1ccc([C@H](C(=O)NC2CCCC2)N(C(=O)c2csnn2)C2CC2)cc1. The van der Waals surface area contributed by atoms with Crippen molar-refractivity contribution in [3.05, 3.63) is 46.5 Å². The third-order valence-electron chi connectivity index (χ3n) is 5.38. The number of hydrogen-bond acceptors (Lipinski definition) is 5. The quantitative estimate of drug-likeness (QED) is 0.829. The Morgan fingerprint density at radius 1 is 1.15 bits per heavy atom. The summed E-state index contributed by atoms with van der Waals surface area (Å²) in [4.78, 5) is 28.2. The summed E-state index contributed by atoms with van der Waals surface area (Å²) in [6, 6.07) is 7.55. The van der Waals surface area contributed by atoms with Crippen LogP contribution in [0.4, 0.5) is 0 Å². The van der Waals surface area contributed by atoms with Crippen LogP contribution in [-0.4, -0.2) is 38.4 Å². The molecule has 0 unspecified atom stereocenters. The molecule has 1 atom stereocenters. The first-order valence-electron chi connectivity index (χ1n) is 9.60. The molecule has 0 bridgehead atoms. The monoisotopic (exact) mass is 384 g/mol. The highest BCUT2D eigenvalue weighted by atomic mass is 32.1. The fraction of sp³-hybridized carbons (Fsp3) is 0.500. The van der Waals surface area contributed by atoms with E-state index in [9.17, 15) is 9.59 Å². The van der Waals surface area contributed by atoms with Crippen LogP contribution >= 0.6 is 11.5 Å². The van der Waals surface area contributed by atoms with E-state index in [2.05, 4.69) is 14.9 Å². The Balaban J connectivity index is 1.67. The van der Waals surface area contributed by atoms with Crippen molar-refractivity contribution in [3.63, 3.8) is 0 Å². The van der Waals surface area contributed by atoms with Gasteiger partial charge in [-0.3, -0.25) is 9.59 Å². The molecule has 0 saturated heterocycles. The molecule has 1 heterocycles. The van der Waals surface area contributed by atoms with Crippen LogP contribution in [0.2, 0.25) is 0 Å². The van der Waals surface area contributed by atoms with E-state index in [1.165, 1.54) is 0 Å². The molecule has 2 aliphatic carbocycles. The predicted octanol–water partition coefficient (Wildman–Crippen LogP) is 3.25. The molecule has 2 aliphatic rings. The van der Waals surface area contributed by atoms with Crippen LogP contribution in [0.3, 0.4) is 0 Å². The first kappa shape index (κ1) is 18.1. The topological polar surface area (TPSA) is 75.2 Å². The Morgan fingerprint density at radius 2 is 1.85 bits per heavy atom. The maximum absolute atomic E-state index is 13.3. The van der Waals surface area contributed by atoms with Crippen LogP contribution in [0.1, 0.15) is 66.2 Å². The lowest BCUT2D eigenvalue weighted by atomic mass is 10.0. The minimum atomic E-state index is -0.632. The van der Waals surface area contributed by atoms with Gasteiger partial charge in [0, 0.05) is 17.5 Å². The van der Waals surface area contributed by atoms with E-state index in [1.54, 1.807) is 10.3 Å². The average Bonchev–Trinajstić information content (AvgIpc) is 3.11. The van der Waals surface area contributed by atoms with Gasteiger partial charge in [-0.1, -0.05) is 47.2 Å². The molecule has 2 saturated carbocycles. The Labute approximate surface area is 163 Å². The van der Waals surface area contributed by atoms with Gasteiger partial charge in [-0.15, -0.1) is 5.10 Å². The van der Waals surface area contributed by atoms with Gasteiger partial charge < -0.3 is 10.2 Å². The van der Waals surface area contributed by atoms with Crippen LogP contribution < -0.4 is 5.32 Å². The molecular weight excluding hydrogens is 360 g/mol. The number of hydrogen-bond donors (Lipinski definition) is 1. The maximum Gasteiger partial charge on any atom is 0.276 e. The zero-order chi connectivity index (χ0) is 18.8. The highest BCUT2D eigenvalue weighted by Gasteiger charge is 2.42. The minimum absolute atomic E-state index is 0.0832. The average molecular weight is 385 g/mol. The summed E-state index contributed by atoms with van der Waals surface area (Å²) in [5, 5.41) is 8.79. The molecule has 0 aliphatic heterocycles. The van der Waals surface area contributed by atoms with Crippen LogP contribution in [0.25, 0.3) is 0 Å². The van der Waals surface area contributed by atoms with Crippen molar-refractivity contribution in [2.24, 2.45) is 0 Å². The van der Waals surface area contributed by atoms with Crippen LogP contribution in [0.15, 0.2) is 29.6 Å². The minimum Gasteiger partial charge on any atom is -0.351 e. The molecule has 7 heteroatoms. The van der Waals surface area contributed by atoms with E-state index < -0.39 is 6.04 Å². The number of rotatable bonds is 6. The summed E-state index contributed by atoms with van der Waals surface area (Å²) in [6.07, 6.45) is 6.16. The molecule has 4 rings (SSSR count). The Hall–Kier alpha value is -2.28. The second kappa shape index (κ2) is 7.76. The number of carbonyl (C=O) groups is 2. The van der Waals surface area contributed by atoms with E-state index in [0.717, 1.165) is 61.2 Å². The van der Waals surface area contributed by atoms with Crippen molar-refractivity contribution < 1.29 is 9.59 Å². The van der Waals surface area contributed by atoms with Crippen LogP contribution in [0, 0.1) is 6.92 Å². The van der Waals surface area contributed by atoms with Gasteiger partial charge in [-0.2, -0.15) is 0 Å². The van der Waals surface area contributed by atoms with Crippen LogP contribution in [-0.2, 0) is 4.79 Å². The van der Waals surface area contributed by atoms with Crippen molar-refractivity contribution in [2.45, 2.75) is 63.6 Å². The van der Waals surface area contributed by atoms with Gasteiger partial charge in [0.2, 0.25) is 5.91 Å². The van der Waals surface area contributed by atoms with E-state index in [0.29, 0.717) is 5.69 Å². The summed E-state index contributed by atoms with van der Waals surface area (Å²) < 4.78 is 3.82. The van der Waals surface area contributed by atoms with E-state index in [-0.39, 0.29) is 23.9 Å². The molecule has 0 spiro atoms. The summed E-state index contributed by atoms with van der Waals surface area (Å²) >= 11 is 1.15. The Bertz CT molecular complexity index is 796. The second-order valence-electron chi connectivity index (χ2n) is 7.54. The van der Waals surface area contributed by atoms with Gasteiger partial charge in [0.15, 0.2) is 5.69 Å². The fourth-order valence-corrected chi connectivity index (χ4v) is 4.20. The largest absolute Gasteiger partial charge is 0.351 e. The highest BCUT2D eigenvalue weighted by molar-refractivity contribution is 7.03. The van der Waals surface area contributed by atoms with Crippen molar-refractivity contribution in [3.8, 4) is 0 Å². The fourth-order valence-electron chi connectivity index (χ4n) is 3.77. The lowest BCUT2D eigenvalue weighted by molar-refractivity contribution is -0.126. The van der Waals surface area contributed by atoms with Gasteiger partial charge in [0.25, 0.3) is 5.91 Å². The number of amides is 2. The summed E-state index contributed by atoms with van der Waals surface area (Å²) in [5.41, 5.74) is 2.29. The molecular formula is C20H24N4O2S. The van der Waals surface area contributed by atoms with E-state index in [4.69, 9.17) is 0 Å². The number of aromatic nitrogens is 2. The molecule has 2 fully saturated rings. The highest BCUT2D eigenvalue weighted by Crippen LogP contribution is 2.36. The van der Waals surface area contributed by atoms with Gasteiger partial charge in [-0.05, 0) is 49.7 Å². The summed E-state index contributed by atoms with van der Waals surface area (Å²) in [7, 11) is 0. The van der Waals surface area contributed by atoms with Gasteiger partial charge in [0.05, 0.1) is 0 Å². The Kier molecular flexibility index (Phi) is 5.20.